The molecule has 4 aliphatic rings. The van der Waals surface area contributed by atoms with Gasteiger partial charge in [0.25, 0.3) is 0 Å². The summed E-state index contributed by atoms with van der Waals surface area (Å²) >= 11 is 0. The molecule has 0 spiro atoms. The van der Waals surface area contributed by atoms with Crippen molar-refractivity contribution in [2.75, 3.05) is 0 Å². The molecule has 4 saturated carbocycles. The number of aliphatic carboxylic acids is 1. The molecule has 4 aliphatic carbocycles. The summed E-state index contributed by atoms with van der Waals surface area (Å²) in [5.74, 6) is 1.96. The lowest BCUT2D eigenvalue weighted by Gasteiger charge is -2.56. The smallest absolute Gasteiger partial charge is 0.303 e. The third-order valence-corrected chi connectivity index (χ3v) is 5.86. The summed E-state index contributed by atoms with van der Waals surface area (Å²) in [5, 5.41) is 17.4. The van der Waals surface area contributed by atoms with Crippen molar-refractivity contribution < 1.29 is 9.90 Å². The molecule has 0 amide bonds. The minimum absolute atomic E-state index is 0.213. The molecular weight excluding hydrogens is 266 g/mol. The highest BCUT2D eigenvalue weighted by atomic mass is 16.4. The Morgan fingerprint density at radius 1 is 1.24 bits per heavy atom. The summed E-state index contributed by atoms with van der Waals surface area (Å²) in [7, 11) is 0. The van der Waals surface area contributed by atoms with Gasteiger partial charge in [-0.1, -0.05) is 5.21 Å². The van der Waals surface area contributed by atoms with E-state index in [1.807, 2.05) is 0 Å². The number of aromatic nitrogens is 3. The van der Waals surface area contributed by atoms with E-state index in [2.05, 4.69) is 21.2 Å². The van der Waals surface area contributed by atoms with Crippen molar-refractivity contribution in [1.82, 2.24) is 15.0 Å². The maximum atomic E-state index is 10.6. The van der Waals surface area contributed by atoms with Crippen LogP contribution in [-0.2, 0) is 16.8 Å². The molecule has 5 rings (SSSR count). The Morgan fingerprint density at radius 3 is 2.43 bits per heavy atom. The summed E-state index contributed by atoms with van der Waals surface area (Å²) in [5.41, 5.74) is 1.18. The van der Waals surface area contributed by atoms with Gasteiger partial charge in [0.15, 0.2) is 0 Å². The number of rotatable bonds is 5. The molecule has 0 saturated heterocycles. The van der Waals surface area contributed by atoms with Crippen LogP contribution in [0.25, 0.3) is 0 Å². The van der Waals surface area contributed by atoms with Crippen molar-refractivity contribution in [1.29, 1.82) is 0 Å². The fraction of sp³-hybridized carbons (Fsp3) is 0.812. The summed E-state index contributed by atoms with van der Waals surface area (Å²) in [4.78, 5) is 10.6. The number of hydrogen-bond acceptors (Lipinski definition) is 3. The second kappa shape index (κ2) is 4.82. The lowest BCUT2D eigenvalue weighted by molar-refractivity contribution is -0.137. The first-order chi connectivity index (χ1) is 10.1. The zero-order valence-electron chi connectivity index (χ0n) is 12.4. The molecule has 114 valence electrons. The van der Waals surface area contributed by atoms with Gasteiger partial charge in [0.2, 0.25) is 0 Å². The Labute approximate surface area is 124 Å². The number of hydrogen-bond donors (Lipinski definition) is 1. The zero-order valence-corrected chi connectivity index (χ0v) is 12.4. The predicted octanol–water partition coefficient (Wildman–Crippen LogP) is 2.61. The third-order valence-electron chi connectivity index (χ3n) is 5.86. The number of carboxylic acid groups (broad SMARTS) is 1. The first-order valence-corrected chi connectivity index (χ1v) is 8.26. The average molecular weight is 289 g/mol. The van der Waals surface area contributed by atoms with Crippen LogP contribution >= 0.6 is 0 Å². The van der Waals surface area contributed by atoms with E-state index in [1.54, 1.807) is 0 Å². The van der Waals surface area contributed by atoms with E-state index in [0.29, 0.717) is 6.42 Å². The molecule has 1 aromatic heterocycles. The average Bonchev–Trinajstić information content (AvgIpc) is 2.86. The van der Waals surface area contributed by atoms with Gasteiger partial charge in [-0.15, -0.1) is 5.10 Å². The SMILES string of the molecule is O=C(O)CCCc1cn(C23CC4CC(CC(C4)C2)C3)nn1. The Hall–Kier alpha value is -1.39. The molecule has 1 heterocycles. The van der Waals surface area contributed by atoms with Crippen molar-refractivity contribution in [2.45, 2.75) is 63.3 Å². The quantitative estimate of drug-likeness (QED) is 0.904. The maximum absolute atomic E-state index is 10.6. The summed E-state index contributed by atoms with van der Waals surface area (Å²) < 4.78 is 2.15. The van der Waals surface area contributed by atoms with Gasteiger partial charge in [-0.3, -0.25) is 4.79 Å². The van der Waals surface area contributed by atoms with Crippen molar-refractivity contribution in [2.24, 2.45) is 17.8 Å². The van der Waals surface area contributed by atoms with Crippen LogP contribution in [0.3, 0.4) is 0 Å². The molecule has 5 nitrogen and oxygen atoms in total. The van der Waals surface area contributed by atoms with Crippen LogP contribution in [0.1, 0.15) is 57.1 Å². The van der Waals surface area contributed by atoms with E-state index in [-0.39, 0.29) is 12.0 Å². The monoisotopic (exact) mass is 289 g/mol. The van der Waals surface area contributed by atoms with Crippen LogP contribution < -0.4 is 0 Å². The van der Waals surface area contributed by atoms with E-state index in [4.69, 9.17) is 5.11 Å². The van der Waals surface area contributed by atoms with Crippen LogP contribution in [0.2, 0.25) is 0 Å². The summed E-state index contributed by atoms with van der Waals surface area (Å²) in [6.45, 7) is 0. The van der Waals surface area contributed by atoms with E-state index in [1.165, 1.54) is 38.5 Å². The molecule has 21 heavy (non-hydrogen) atoms. The molecule has 1 aromatic rings. The minimum atomic E-state index is -0.733. The maximum Gasteiger partial charge on any atom is 0.303 e. The number of carbonyl (C=O) groups is 1. The van der Waals surface area contributed by atoms with E-state index < -0.39 is 5.97 Å². The summed E-state index contributed by atoms with van der Waals surface area (Å²) in [6.07, 6.45) is 11.8. The van der Waals surface area contributed by atoms with Gasteiger partial charge in [0.1, 0.15) is 0 Å². The van der Waals surface area contributed by atoms with E-state index in [0.717, 1.165) is 29.9 Å². The zero-order chi connectivity index (χ0) is 14.4. The number of carboxylic acids is 1. The number of aryl methyl sites for hydroxylation is 1. The van der Waals surface area contributed by atoms with Crippen molar-refractivity contribution in [3.05, 3.63) is 11.9 Å². The summed E-state index contributed by atoms with van der Waals surface area (Å²) in [6, 6.07) is 0. The largest absolute Gasteiger partial charge is 0.481 e. The Kier molecular flexibility index (Phi) is 3.05. The Bertz CT molecular complexity index is 516. The third kappa shape index (κ3) is 2.36. The first kappa shape index (κ1) is 13.3. The molecule has 0 aromatic carbocycles. The van der Waals surface area contributed by atoms with Crippen LogP contribution in [0.4, 0.5) is 0 Å². The highest BCUT2D eigenvalue weighted by Crippen LogP contribution is 2.58. The van der Waals surface area contributed by atoms with Crippen molar-refractivity contribution in [3.63, 3.8) is 0 Å². The highest BCUT2D eigenvalue weighted by Gasteiger charge is 2.52. The van der Waals surface area contributed by atoms with E-state index in [9.17, 15) is 4.79 Å². The second-order valence-corrected chi connectivity index (χ2v) is 7.54. The molecule has 4 bridgehead atoms. The van der Waals surface area contributed by atoms with E-state index >= 15 is 0 Å². The van der Waals surface area contributed by atoms with Crippen LogP contribution in [0.5, 0.6) is 0 Å². The molecule has 5 heteroatoms. The second-order valence-electron chi connectivity index (χ2n) is 7.54. The minimum Gasteiger partial charge on any atom is -0.481 e. The lowest BCUT2D eigenvalue weighted by Crippen LogP contribution is -2.52. The standard InChI is InChI=1S/C16H23N3O2/c20-15(21)3-1-2-14-10-19(18-17-14)16-7-11-4-12(8-16)6-13(5-11)9-16/h10-13H,1-9H2,(H,20,21). The molecule has 0 aliphatic heterocycles. The lowest BCUT2D eigenvalue weighted by atomic mass is 9.53. The fourth-order valence-electron chi connectivity index (χ4n) is 5.41. The Morgan fingerprint density at radius 2 is 1.86 bits per heavy atom. The van der Waals surface area contributed by atoms with Crippen LogP contribution in [-0.4, -0.2) is 26.1 Å². The van der Waals surface area contributed by atoms with Gasteiger partial charge in [-0.25, -0.2) is 4.68 Å². The predicted molar refractivity (Wildman–Crippen MR) is 76.7 cm³/mol. The van der Waals surface area contributed by atoms with Gasteiger partial charge >= 0.3 is 5.97 Å². The van der Waals surface area contributed by atoms with Crippen LogP contribution in [0.15, 0.2) is 6.20 Å². The molecule has 0 radical (unpaired) electrons. The topological polar surface area (TPSA) is 68.0 Å². The highest BCUT2D eigenvalue weighted by molar-refractivity contribution is 5.66. The fourth-order valence-corrected chi connectivity index (χ4v) is 5.41. The van der Waals surface area contributed by atoms with Crippen molar-refractivity contribution in [3.8, 4) is 0 Å². The molecule has 4 fully saturated rings. The molecular formula is C16H23N3O2. The molecule has 0 atom stereocenters. The van der Waals surface area contributed by atoms with Gasteiger partial charge in [0.05, 0.1) is 11.2 Å². The van der Waals surface area contributed by atoms with Crippen LogP contribution in [0, 0.1) is 17.8 Å². The molecule has 1 N–H and O–H groups in total. The molecule has 0 unspecified atom stereocenters. The van der Waals surface area contributed by atoms with Gasteiger partial charge in [0, 0.05) is 12.6 Å². The van der Waals surface area contributed by atoms with Gasteiger partial charge in [-0.2, -0.15) is 0 Å². The number of nitrogens with zero attached hydrogens (tertiary/aromatic N) is 3. The van der Waals surface area contributed by atoms with Gasteiger partial charge in [-0.05, 0) is 69.1 Å². The Balaban J connectivity index is 1.49. The van der Waals surface area contributed by atoms with Gasteiger partial charge < -0.3 is 5.11 Å². The first-order valence-electron chi connectivity index (χ1n) is 8.26. The normalized spacial score (nSPS) is 37.0. The van der Waals surface area contributed by atoms with Crippen molar-refractivity contribution >= 4 is 5.97 Å².